The highest BCUT2D eigenvalue weighted by Gasteiger charge is 2.38. The van der Waals surface area contributed by atoms with Gasteiger partial charge in [-0.15, -0.1) is 0 Å². The number of aromatic nitrogens is 2. The Balaban J connectivity index is 1.52. The third-order valence-corrected chi connectivity index (χ3v) is 5.17. The van der Waals surface area contributed by atoms with Crippen LogP contribution in [0.1, 0.15) is 63.1 Å². The maximum atomic E-state index is 12.6. The lowest BCUT2D eigenvalue weighted by Gasteiger charge is -2.30. The minimum atomic E-state index is -0.512. The summed E-state index contributed by atoms with van der Waals surface area (Å²) in [5, 5.41) is 7.34. The van der Waals surface area contributed by atoms with Crippen LogP contribution in [-0.4, -0.2) is 29.8 Å². The van der Waals surface area contributed by atoms with Gasteiger partial charge in [-0.2, -0.15) is 4.98 Å². The fraction of sp³-hybridized carbons (Fsp3) is 0.571. The topological polar surface area (TPSA) is 86.5 Å². The third kappa shape index (κ3) is 5.24. The second-order valence-electron chi connectivity index (χ2n) is 7.31. The molecule has 0 saturated heterocycles. The van der Waals surface area contributed by atoms with Crippen LogP contribution in [0.25, 0.3) is 0 Å². The molecule has 0 bridgehead atoms. The summed E-state index contributed by atoms with van der Waals surface area (Å²) in [6.45, 7) is 2.26. The highest BCUT2D eigenvalue weighted by Crippen LogP contribution is 2.34. The molecule has 1 aromatic carbocycles. The number of aryl methyl sites for hydroxylation is 1. The van der Waals surface area contributed by atoms with Crippen molar-refractivity contribution in [3.8, 4) is 11.5 Å². The van der Waals surface area contributed by atoms with Gasteiger partial charge >= 0.3 is 0 Å². The minimum Gasteiger partial charge on any atom is -0.497 e. The van der Waals surface area contributed by atoms with E-state index in [1.54, 1.807) is 14.0 Å². The molecule has 0 atom stereocenters. The van der Waals surface area contributed by atoms with E-state index in [1.165, 1.54) is 12.8 Å². The number of methoxy groups -OCH3 is 1. The summed E-state index contributed by atoms with van der Waals surface area (Å²) in [5.41, 5.74) is -0.512. The van der Waals surface area contributed by atoms with E-state index >= 15 is 0 Å². The number of nitrogens with zero attached hydrogens (tertiary/aromatic N) is 2. The minimum absolute atomic E-state index is 0.00249. The van der Waals surface area contributed by atoms with E-state index in [-0.39, 0.29) is 5.91 Å². The number of hydrogen-bond acceptors (Lipinski definition) is 6. The largest absolute Gasteiger partial charge is 0.497 e. The van der Waals surface area contributed by atoms with Gasteiger partial charge in [0.05, 0.1) is 13.7 Å². The Kier molecular flexibility index (Phi) is 6.90. The number of nitrogens with one attached hydrogen (secondary N) is 1. The molecule has 3 rings (SSSR count). The summed E-state index contributed by atoms with van der Waals surface area (Å²) in [6.07, 6.45) is 7.17. The van der Waals surface area contributed by atoms with Crippen molar-refractivity contribution in [1.29, 1.82) is 0 Å². The zero-order valence-electron chi connectivity index (χ0n) is 16.7. The van der Waals surface area contributed by atoms with Crippen molar-refractivity contribution < 1.29 is 18.8 Å². The fourth-order valence-corrected chi connectivity index (χ4v) is 3.65. The number of rotatable bonds is 8. The van der Waals surface area contributed by atoms with E-state index in [1.807, 2.05) is 24.3 Å². The van der Waals surface area contributed by atoms with Gasteiger partial charge in [0.15, 0.2) is 5.82 Å². The number of amides is 1. The zero-order valence-corrected chi connectivity index (χ0v) is 16.7. The number of carbonyl (C=O) groups is 1. The maximum absolute atomic E-state index is 12.6. The highest BCUT2D eigenvalue weighted by atomic mass is 16.5. The van der Waals surface area contributed by atoms with Gasteiger partial charge in [-0.25, -0.2) is 0 Å². The molecular weight excluding hydrogens is 358 g/mol. The molecule has 7 nitrogen and oxygen atoms in total. The molecule has 2 aromatic rings. The van der Waals surface area contributed by atoms with Crippen LogP contribution in [-0.2, 0) is 10.3 Å². The monoisotopic (exact) mass is 387 g/mol. The molecule has 1 saturated carbocycles. The Morgan fingerprint density at radius 1 is 1.14 bits per heavy atom. The zero-order chi connectivity index (χ0) is 19.8. The standard InChI is InChI=1S/C21H29N3O4/c1-16-22-20(24-28-16)21(13-5-3-4-6-14-21)23-19(25)8-7-15-27-18-11-9-17(26-2)10-12-18/h9-12H,3-8,13-15H2,1-2H3,(H,23,25). The van der Waals surface area contributed by atoms with Crippen molar-refractivity contribution in [3.05, 3.63) is 36.0 Å². The SMILES string of the molecule is COc1ccc(OCCCC(=O)NC2(c3noc(C)n3)CCCCCC2)cc1. The lowest BCUT2D eigenvalue weighted by atomic mass is 9.89. The molecule has 1 amide bonds. The first-order valence-electron chi connectivity index (χ1n) is 10.00. The first-order chi connectivity index (χ1) is 13.6. The van der Waals surface area contributed by atoms with Gasteiger partial charge in [-0.05, 0) is 43.5 Å². The second kappa shape index (κ2) is 9.57. The predicted molar refractivity (Wildman–Crippen MR) is 104 cm³/mol. The molecule has 1 N–H and O–H groups in total. The smallest absolute Gasteiger partial charge is 0.223 e. The Morgan fingerprint density at radius 2 is 1.82 bits per heavy atom. The summed E-state index contributed by atoms with van der Waals surface area (Å²) in [5.74, 6) is 2.69. The van der Waals surface area contributed by atoms with Crippen LogP contribution in [0.5, 0.6) is 11.5 Å². The van der Waals surface area contributed by atoms with E-state index < -0.39 is 5.54 Å². The van der Waals surface area contributed by atoms with E-state index in [4.69, 9.17) is 14.0 Å². The first-order valence-corrected chi connectivity index (χ1v) is 10.00. The van der Waals surface area contributed by atoms with Crippen molar-refractivity contribution in [2.24, 2.45) is 0 Å². The van der Waals surface area contributed by atoms with Crippen LogP contribution in [0, 0.1) is 6.92 Å². The van der Waals surface area contributed by atoms with E-state index in [9.17, 15) is 4.79 Å². The van der Waals surface area contributed by atoms with Gasteiger partial charge in [0.25, 0.3) is 0 Å². The molecule has 0 radical (unpaired) electrons. The number of hydrogen-bond donors (Lipinski definition) is 1. The van der Waals surface area contributed by atoms with Gasteiger partial charge < -0.3 is 19.3 Å². The fourth-order valence-electron chi connectivity index (χ4n) is 3.65. The quantitative estimate of drug-likeness (QED) is 0.546. The van der Waals surface area contributed by atoms with E-state index in [0.717, 1.165) is 37.2 Å². The summed E-state index contributed by atoms with van der Waals surface area (Å²) in [7, 11) is 1.63. The van der Waals surface area contributed by atoms with Crippen LogP contribution in [0.2, 0.25) is 0 Å². The predicted octanol–water partition coefficient (Wildman–Crippen LogP) is 3.91. The van der Waals surface area contributed by atoms with E-state index in [2.05, 4.69) is 15.5 Å². The van der Waals surface area contributed by atoms with Crippen LogP contribution in [0.15, 0.2) is 28.8 Å². The van der Waals surface area contributed by atoms with Crippen molar-refractivity contribution in [2.75, 3.05) is 13.7 Å². The van der Waals surface area contributed by atoms with Gasteiger partial charge in [-0.3, -0.25) is 4.79 Å². The molecule has 0 spiro atoms. The average molecular weight is 387 g/mol. The summed E-state index contributed by atoms with van der Waals surface area (Å²) in [4.78, 5) is 17.1. The highest BCUT2D eigenvalue weighted by molar-refractivity contribution is 5.76. The van der Waals surface area contributed by atoms with E-state index in [0.29, 0.717) is 31.2 Å². The van der Waals surface area contributed by atoms with Crippen molar-refractivity contribution in [3.63, 3.8) is 0 Å². The molecule has 1 aliphatic rings. The molecule has 28 heavy (non-hydrogen) atoms. The number of ether oxygens (including phenoxy) is 2. The van der Waals surface area contributed by atoms with Crippen molar-refractivity contribution >= 4 is 5.91 Å². The second-order valence-corrected chi connectivity index (χ2v) is 7.31. The molecule has 0 aliphatic heterocycles. The maximum Gasteiger partial charge on any atom is 0.223 e. The Bertz CT molecular complexity index is 749. The Morgan fingerprint density at radius 3 is 2.43 bits per heavy atom. The molecule has 1 aliphatic carbocycles. The van der Waals surface area contributed by atoms with Crippen LogP contribution < -0.4 is 14.8 Å². The molecule has 0 unspecified atom stereocenters. The van der Waals surface area contributed by atoms with Gasteiger partial charge in [0.1, 0.15) is 17.0 Å². The summed E-state index contributed by atoms with van der Waals surface area (Å²) >= 11 is 0. The average Bonchev–Trinajstić information content (AvgIpc) is 3.01. The van der Waals surface area contributed by atoms with Crippen LogP contribution >= 0.6 is 0 Å². The van der Waals surface area contributed by atoms with Gasteiger partial charge in [-0.1, -0.05) is 30.8 Å². The molecule has 7 heteroatoms. The molecule has 1 fully saturated rings. The molecule has 1 aromatic heterocycles. The van der Waals surface area contributed by atoms with Crippen LogP contribution in [0.4, 0.5) is 0 Å². The van der Waals surface area contributed by atoms with Crippen molar-refractivity contribution in [1.82, 2.24) is 15.5 Å². The lowest BCUT2D eigenvalue weighted by Crippen LogP contribution is -2.46. The van der Waals surface area contributed by atoms with Gasteiger partial charge in [0.2, 0.25) is 11.8 Å². The molecule has 1 heterocycles. The molecular formula is C21H29N3O4. The number of carbonyl (C=O) groups excluding carboxylic acids is 1. The lowest BCUT2D eigenvalue weighted by molar-refractivity contribution is -0.123. The Labute approximate surface area is 165 Å². The van der Waals surface area contributed by atoms with Crippen molar-refractivity contribution in [2.45, 2.75) is 63.8 Å². The summed E-state index contributed by atoms with van der Waals surface area (Å²) in [6, 6.07) is 7.42. The molecule has 152 valence electrons. The normalized spacial score (nSPS) is 16.2. The Hall–Kier alpha value is -2.57. The van der Waals surface area contributed by atoms with Gasteiger partial charge in [0, 0.05) is 13.3 Å². The first kappa shape index (κ1) is 20.2. The number of benzene rings is 1. The van der Waals surface area contributed by atoms with Crippen LogP contribution in [0.3, 0.4) is 0 Å². The third-order valence-electron chi connectivity index (χ3n) is 5.17. The summed E-state index contributed by atoms with van der Waals surface area (Å²) < 4.78 is 16.0.